The van der Waals surface area contributed by atoms with Gasteiger partial charge in [-0.15, -0.1) is 11.3 Å². The number of likely N-dealkylation sites (tertiary alicyclic amines) is 1. The van der Waals surface area contributed by atoms with Gasteiger partial charge in [0.1, 0.15) is 6.10 Å². The number of ether oxygens (including phenoxy) is 1. The van der Waals surface area contributed by atoms with Crippen LogP contribution >= 0.6 is 11.3 Å². The van der Waals surface area contributed by atoms with Gasteiger partial charge in [-0.25, -0.2) is 0 Å². The molecule has 0 unspecified atom stereocenters. The molecule has 2 aromatic rings. The van der Waals surface area contributed by atoms with Crippen LogP contribution in [0.3, 0.4) is 0 Å². The molecular weight excluding hydrogens is 334 g/mol. The third-order valence-corrected chi connectivity index (χ3v) is 6.55. The molecular formula is C20H23NO3S. The highest BCUT2D eigenvalue weighted by atomic mass is 32.1. The Morgan fingerprint density at radius 2 is 2.00 bits per heavy atom. The molecule has 2 aliphatic heterocycles. The van der Waals surface area contributed by atoms with Gasteiger partial charge in [0.15, 0.2) is 0 Å². The molecule has 0 saturated carbocycles. The zero-order valence-corrected chi connectivity index (χ0v) is 15.2. The molecule has 0 radical (unpaired) electrons. The van der Waals surface area contributed by atoms with Crippen LogP contribution in [0.5, 0.6) is 0 Å². The number of hydrogen-bond acceptors (Lipinski definition) is 4. The summed E-state index contributed by atoms with van der Waals surface area (Å²) in [6.07, 6.45) is 1.63. The monoisotopic (exact) mass is 357 g/mol. The Balaban J connectivity index is 1.60. The highest BCUT2D eigenvalue weighted by Crippen LogP contribution is 2.46. The summed E-state index contributed by atoms with van der Waals surface area (Å²) in [6, 6.07) is 12.8. The van der Waals surface area contributed by atoms with E-state index >= 15 is 0 Å². The number of nitrogens with zero attached hydrogens (tertiary/aromatic N) is 1. The van der Waals surface area contributed by atoms with Crippen molar-refractivity contribution in [3.8, 4) is 10.4 Å². The average Bonchev–Trinajstić information content (AvgIpc) is 3.09. The Morgan fingerprint density at radius 1 is 1.28 bits per heavy atom. The summed E-state index contributed by atoms with van der Waals surface area (Å²) in [4.78, 5) is 16.5. The topological polar surface area (TPSA) is 49.8 Å². The Kier molecular flexibility index (Phi) is 4.40. The van der Waals surface area contributed by atoms with Crippen LogP contribution in [0.25, 0.3) is 10.4 Å². The number of carbonyl (C=O) groups excluding carboxylic acids is 1. The zero-order valence-electron chi connectivity index (χ0n) is 14.4. The third kappa shape index (κ3) is 3.01. The van der Waals surface area contributed by atoms with Crippen LogP contribution in [0.1, 0.15) is 30.2 Å². The van der Waals surface area contributed by atoms with Crippen LogP contribution in [0.15, 0.2) is 36.4 Å². The SMILES string of the molecule is C[C@@H](O)C(=O)N1CCC2(CC1)OCCc1sc(-c3ccccc3)cc12. The number of piperidine rings is 1. The van der Waals surface area contributed by atoms with E-state index in [1.54, 1.807) is 4.90 Å². The fourth-order valence-electron chi connectivity index (χ4n) is 3.93. The summed E-state index contributed by atoms with van der Waals surface area (Å²) in [5.74, 6) is -0.179. The van der Waals surface area contributed by atoms with Crippen molar-refractivity contribution in [3.63, 3.8) is 0 Å². The molecule has 4 rings (SSSR count). The Morgan fingerprint density at radius 3 is 2.68 bits per heavy atom. The second-order valence-corrected chi connectivity index (χ2v) is 8.04. The van der Waals surface area contributed by atoms with E-state index in [-0.39, 0.29) is 11.5 Å². The van der Waals surface area contributed by atoms with Gasteiger partial charge in [0, 0.05) is 29.3 Å². The van der Waals surface area contributed by atoms with E-state index in [4.69, 9.17) is 4.74 Å². The Hall–Kier alpha value is -1.69. The van der Waals surface area contributed by atoms with Crippen molar-refractivity contribution in [3.05, 3.63) is 46.8 Å². The minimum atomic E-state index is -0.928. The van der Waals surface area contributed by atoms with Crippen LogP contribution < -0.4 is 0 Å². The van der Waals surface area contributed by atoms with E-state index < -0.39 is 6.10 Å². The van der Waals surface area contributed by atoms with Gasteiger partial charge in [0.05, 0.1) is 12.2 Å². The molecule has 2 aliphatic rings. The molecule has 1 amide bonds. The maximum Gasteiger partial charge on any atom is 0.251 e. The summed E-state index contributed by atoms with van der Waals surface area (Å²) < 4.78 is 6.28. The number of fused-ring (bicyclic) bond motifs is 2. The Labute approximate surface area is 152 Å². The van der Waals surface area contributed by atoms with Crippen molar-refractivity contribution < 1.29 is 14.6 Å². The van der Waals surface area contributed by atoms with Crippen LogP contribution in [-0.4, -0.2) is 41.7 Å². The largest absolute Gasteiger partial charge is 0.384 e. The van der Waals surface area contributed by atoms with E-state index in [1.165, 1.54) is 27.8 Å². The number of aliphatic hydroxyl groups is 1. The first kappa shape index (κ1) is 16.8. The van der Waals surface area contributed by atoms with Gasteiger partial charge >= 0.3 is 0 Å². The molecule has 0 bridgehead atoms. The van der Waals surface area contributed by atoms with E-state index in [2.05, 4.69) is 30.3 Å². The predicted octanol–water partition coefficient (Wildman–Crippen LogP) is 3.19. The van der Waals surface area contributed by atoms with E-state index in [9.17, 15) is 9.90 Å². The maximum atomic E-state index is 12.0. The van der Waals surface area contributed by atoms with E-state index in [1.807, 2.05) is 17.4 Å². The number of hydrogen-bond donors (Lipinski definition) is 1. The molecule has 1 fully saturated rings. The summed E-state index contributed by atoms with van der Waals surface area (Å²) in [5.41, 5.74) is 2.29. The molecule has 25 heavy (non-hydrogen) atoms. The Bertz CT molecular complexity index is 761. The molecule has 1 saturated heterocycles. The number of benzene rings is 1. The van der Waals surface area contributed by atoms with Crippen molar-refractivity contribution in [1.82, 2.24) is 4.90 Å². The quantitative estimate of drug-likeness (QED) is 0.898. The van der Waals surface area contributed by atoms with Crippen molar-refractivity contribution >= 4 is 17.2 Å². The number of thiophene rings is 1. The second kappa shape index (κ2) is 6.56. The van der Waals surface area contributed by atoms with Gasteiger partial charge in [-0.05, 0) is 37.0 Å². The molecule has 132 valence electrons. The van der Waals surface area contributed by atoms with Crippen molar-refractivity contribution in [2.24, 2.45) is 0 Å². The van der Waals surface area contributed by atoms with Gasteiger partial charge < -0.3 is 14.7 Å². The molecule has 3 heterocycles. The van der Waals surface area contributed by atoms with Crippen LogP contribution in [0.2, 0.25) is 0 Å². The molecule has 4 nitrogen and oxygen atoms in total. The maximum absolute atomic E-state index is 12.0. The molecule has 1 spiro atoms. The van der Waals surface area contributed by atoms with Crippen LogP contribution in [0.4, 0.5) is 0 Å². The first-order valence-electron chi connectivity index (χ1n) is 8.88. The minimum absolute atomic E-state index is 0.179. The van der Waals surface area contributed by atoms with Gasteiger partial charge in [0.2, 0.25) is 0 Å². The molecule has 1 aromatic heterocycles. The molecule has 0 aliphatic carbocycles. The van der Waals surface area contributed by atoms with E-state index in [0.717, 1.165) is 25.9 Å². The fourth-order valence-corrected chi connectivity index (χ4v) is 5.16. The number of aliphatic hydroxyl groups excluding tert-OH is 1. The number of rotatable bonds is 2. The van der Waals surface area contributed by atoms with Gasteiger partial charge in [-0.2, -0.15) is 0 Å². The first-order chi connectivity index (χ1) is 12.1. The van der Waals surface area contributed by atoms with Gasteiger partial charge in [-0.3, -0.25) is 4.79 Å². The molecule has 1 atom stereocenters. The minimum Gasteiger partial charge on any atom is -0.384 e. The molecule has 5 heteroatoms. The molecule has 1 N–H and O–H groups in total. The number of carbonyl (C=O) groups is 1. The van der Waals surface area contributed by atoms with E-state index in [0.29, 0.717) is 13.1 Å². The zero-order chi connectivity index (χ0) is 17.4. The van der Waals surface area contributed by atoms with Crippen LogP contribution in [0, 0.1) is 0 Å². The second-order valence-electron chi connectivity index (χ2n) is 6.91. The standard InChI is InChI=1S/C20H23NO3S/c1-14(22)19(23)21-10-8-20(9-11-21)16-13-18(15-5-3-2-4-6-15)25-17(16)7-12-24-20/h2-6,13-14,22H,7-12H2,1H3/t14-/m1/s1. The lowest BCUT2D eigenvalue weighted by Crippen LogP contribution is -2.50. The lowest BCUT2D eigenvalue weighted by atomic mass is 9.82. The highest BCUT2D eigenvalue weighted by Gasteiger charge is 2.43. The number of amides is 1. The summed E-state index contributed by atoms with van der Waals surface area (Å²) >= 11 is 1.87. The lowest BCUT2D eigenvalue weighted by molar-refractivity contribution is -0.148. The summed E-state index contributed by atoms with van der Waals surface area (Å²) in [5, 5.41) is 9.54. The van der Waals surface area contributed by atoms with Gasteiger partial charge in [0.25, 0.3) is 5.91 Å². The van der Waals surface area contributed by atoms with Crippen molar-refractivity contribution in [2.75, 3.05) is 19.7 Å². The van der Waals surface area contributed by atoms with Gasteiger partial charge in [-0.1, -0.05) is 30.3 Å². The summed E-state index contributed by atoms with van der Waals surface area (Å²) in [7, 11) is 0. The fraction of sp³-hybridized carbons (Fsp3) is 0.450. The van der Waals surface area contributed by atoms with Crippen molar-refractivity contribution in [1.29, 1.82) is 0 Å². The highest BCUT2D eigenvalue weighted by molar-refractivity contribution is 7.15. The summed E-state index contributed by atoms with van der Waals surface area (Å²) in [6.45, 7) is 3.55. The molecule has 1 aromatic carbocycles. The van der Waals surface area contributed by atoms with Crippen molar-refractivity contribution in [2.45, 2.75) is 37.9 Å². The lowest BCUT2D eigenvalue weighted by Gasteiger charge is -2.44. The average molecular weight is 357 g/mol. The first-order valence-corrected chi connectivity index (χ1v) is 9.70. The normalized spacial score (nSPS) is 20.3. The van der Waals surface area contributed by atoms with Crippen LogP contribution in [-0.2, 0) is 21.6 Å². The predicted molar refractivity (Wildman–Crippen MR) is 98.6 cm³/mol. The third-order valence-electron chi connectivity index (χ3n) is 5.31. The smallest absolute Gasteiger partial charge is 0.251 e.